The summed E-state index contributed by atoms with van der Waals surface area (Å²) in [6.45, 7) is 0.471. The van der Waals surface area contributed by atoms with Crippen LogP contribution in [-0.4, -0.2) is 29.9 Å². The van der Waals surface area contributed by atoms with Crippen LogP contribution >= 0.6 is 0 Å². The van der Waals surface area contributed by atoms with Crippen molar-refractivity contribution in [1.29, 1.82) is 0 Å². The minimum absolute atomic E-state index is 0.0151. The third-order valence-electron chi connectivity index (χ3n) is 6.29. The van der Waals surface area contributed by atoms with Crippen LogP contribution in [0.2, 0.25) is 0 Å². The highest BCUT2D eigenvalue weighted by atomic mass is 16.5. The Labute approximate surface area is 226 Å². The zero-order valence-corrected chi connectivity index (χ0v) is 21.4. The molecule has 0 atom stereocenters. The third kappa shape index (κ3) is 5.88. The highest BCUT2D eigenvalue weighted by Gasteiger charge is 2.32. The molecule has 0 fully saturated rings. The molecule has 0 unspecified atom stereocenters. The molecule has 0 saturated carbocycles. The average molecular weight is 518 g/mol. The van der Waals surface area contributed by atoms with Gasteiger partial charge in [-0.2, -0.15) is 0 Å². The van der Waals surface area contributed by atoms with Gasteiger partial charge in [-0.1, -0.05) is 78.9 Å². The number of benzene rings is 4. The zero-order valence-electron chi connectivity index (χ0n) is 21.4. The predicted molar refractivity (Wildman–Crippen MR) is 152 cm³/mol. The number of rotatable bonds is 8. The van der Waals surface area contributed by atoms with Crippen molar-refractivity contribution in [3.63, 3.8) is 0 Å². The van der Waals surface area contributed by atoms with E-state index >= 15 is 0 Å². The lowest BCUT2D eigenvalue weighted by Crippen LogP contribution is -2.32. The second-order valence-electron chi connectivity index (χ2n) is 9.01. The van der Waals surface area contributed by atoms with Gasteiger partial charge in [0.25, 0.3) is 5.91 Å². The SMILES string of the molecule is COc1cc(/C=C2\N=C(c3ccccc3)N(c3ccc(CC(=O)NCc4ccccc4)cc3)C2=O)ccc1O. The number of aromatic hydroxyl groups is 1. The van der Waals surface area contributed by atoms with Gasteiger partial charge in [0.2, 0.25) is 5.91 Å². The van der Waals surface area contributed by atoms with Gasteiger partial charge in [-0.25, -0.2) is 4.99 Å². The van der Waals surface area contributed by atoms with E-state index in [4.69, 9.17) is 4.74 Å². The summed E-state index contributed by atoms with van der Waals surface area (Å²) in [6, 6.07) is 31.4. The van der Waals surface area contributed by atoms with Crippen LogP contribution in [0.3, 0.4) is 0 Å². The van der Waals surface area contributed by atoms with E-state index in [9.17, 15) is 14.7 Å². The normalized spacial score (nSPS) is 13.9. The van der Waals surface area contributed by atoms with E-state index in [2.05, 4.69) is 10.3 Å². The largest absolute Gasteiger partial charge is 0.504 e. The molecule has 0 aliphatic carbocycles. The number of carbonyl (C=O) groups excluding carboxylic acids is 2. The Balaban J connectivity index is 1.37. The highest BCUT2D eigenvalue weighted by Crippen LogP contribution is 2.31. The molecule has 4 aromatic carbocycles. The number of hydrogen-bond acceptors (Lipinski definition) is 5. The van der Waals surface area contributed by atoms with Gasteiger partial charge in [0.1, 0.15) is 11.5 Å². The molecule has 7 heteroatoms. The zero-order chi connectivity index (χ0) is 27.2. The topological polar surface area (TPSA) is 91.2 Å². The van der Waals surface area contributed by atoms with Crippen LogP contribution in [0, 0.1) is 0 Å². The first-order valence-electron chi connectivity index (χ1n) is 12.5. The van der Waals surface area contributed by atoms with Crippen molar-refractivity contribution >= 4 is 29.4 Å². The maximum Gasteiger partial charge on any atom is 0.282 e. The van der Waals surface area contributed by atoms with E-state index in [1.807, 2.05) is 84.9 Å². The maximum atomic E-state index is 13.6. The van der Waals surface area contributed by atoms with E-state index in [1.54, 1.807) is 23.1 Å². The van der Waals surface area contributed by atoms with Crippen molar-refractivity contribution in [3.8, 4) is 11.5 Å². The number of amidine groups is 1. The Hall–Kier alpha value is -5.17. The summed E-state index contributed by atoms with van der Waals surface area (Å²) in [7, 11) is 1.47. The molecule has 0 bridgehead atoms. The molecule has 1 aliphatic heterocycles. The summed E-state index contributed by atoms with van der Waals surface area (Å²) in [5, 5.41) is 12.9. The minimum Gasteiger partial charge on any atom is -0.504 e. The van der Waals surface area contributed by atoms with Crippen LogP contribution in [-0.2, 0) is 22.6 Å². The first kappa shape index (κ1) is 25.5. The second kappa shape index (κ2) is 11.5. The van der Waals surface area contributed by atoms with Crippen molar-refractivity contribution in [2.45, 2.75) is 13.0 Å². The number of amides is 2. The number of nitrogens with zero attached hydrogens (tertiary/aromatic N) is 2. The summed E-state index contributed by atoms with van der Waals surface area (Å²) in [5.41, 5.74) is 4.23. The molecule has 0 spiro atoms. The molecule has 4 aromatic rings. The lowest BCUT2D eigenvalue weighted by atomic mass is 10.1. The van der Waals surface area contributed by atoms with Gasteiger partial charge in [0.15, 0.2) is 11.5 Å². The number of nitrogens with one attached hydrogen (secondary N) is 1. The molecule has 1 aliphatic rings. The molecule has 0 saturated heterocycles. The number of ether oxygens (including phenoxy) is 1. The van der Waals surface area contributed by atoms with E-state index in [0.29, 0.717) is 29.4 Å². The fraction of sp³-hybridized carbons (Fsp3) is 0.0938. The smallest absolute Gasteiger partial charge is 0.282 e. The number of phenols is 1. The van der Waals surface area contributed by atoms with Crippen molar-refractivity contribution in [3.05, 3.63) is 131 Å². The van der Waals surface area contributed by atoms with E-state index in [1.165, 1.54) is 13.2 Å². The van der Waals surface area contributed by atoms with Gasteiger partial charge in [-0.05, 0) is 47.0 Å². The van der Waals surface area contributed by atoms with Crippen molar-refractivity contribution in [2.75, 3.05) is 12.0 Å². The number of aliphatic imine (C=N–C) groups is 1. The minimum atomic E-state index is -0.283. The van der Waals surface area contributed by atoms with Crippen LogP contribution in [0.5, 0.6) is 11.5 Å². The molecular weight excluding hydrogens is 490 g/mol. The molecule has 0 aromatic heterocycles. The Kier molecular flexibility index (Phi) is 7.50. The number of hydrogen-bond donors (Lipinski definition) is 2. The molecule has 2 amide bonds. The first-order valence-corrected chi connectivity index (χ1v) is 12.5. The fourth-order valence-corrected chi connectivity index (χ4v) is 4.29. The van der Waals surface area contributed by atoms with Crippen molar-refractivity contribution in [2.24, 2.45) is 4.99 Å². The molecule has 39 heavy (non-hydrogen) atoms. The summed E-state index contributed by atoms with van der Waals surface area (Å²) in [4.78, 5) is 32.3. The summed E-state index contributed by atoms with van der Waals surface area (Å²) < 4.78 is 5.20. The maximum absolute atomic E-state index is 13.6. The lowest BCUT2D eigenvalue weighted by Gasteiger charge is -2.19. The lowest BCUT2D eigenvalue weighted by molar-refractivity contribution is -0.120. The number of phenolic OH excluding ortho intramolecular Hbond substituents is 1. The van der Waals surface area contributed by atoms with Crippen molar-refractivity contribution in [1.82, 2.24) is 5.32 Å². The van der Waals surface area contributed by atoms with Crippen LogP contribution in [0.25, 0.3) is 6.08 Å². The van der Waals surface area contributed by atoms with Gasteiger partial charge in [-0.15, -0.1) is 0 Å². The number of methoxy groups -OCH3 is 1. The van der Waals surface area contributed by atoms with Gasteiger partial charge in [0.05, 0.1) is 19.2 Å². The summed E-state index contributed by atoms with van der Waals surface area (Å²) >= 11 is 0. The molecular formula is C32H27N3O4. The number of anilines is 1. The van der Waals surface area contributed by atoms with Crippen LogP contribution < -0.4 is 15.0 Å². The Morgan fingerprint density at radius 3 is 2.31 bits per heavy atom. The highest BCUT2D eigenvalue weighted by molar-refractivity contribution is 6.33. The van der Waals surface area contributed by atoms with Crippen LogP contribution in [0.1, 0.15) is 22.3 Å². The van der Waals surface area contributed by atoms with Gasteiger partial charge in [-0.3, -0.25) is 14.5 Å². The fourth-order valence-electron chi connectivity index (χ4n) is 4.29. The molecule has 5 rings (SSSR count). The molecule has 1 heterocycles. The predicted octanol–water partition coefficient (Wildman–Crippen LogP) is 5.09. The summed E-state index contributed by atoms with van der Waals surface area (Å²) in [5.74, 6) is 0.466. The number of carbonyl (C=O) groups is 2. The first-order chi connectivity index (χ1) is 19.0. The molecule has 2 N–H and O–H groups in total. The monoisotopic (exact) mass is 517 g/mol. The molecule has 7 nitrogen and oxygen atoms in total. The van der Waals surface area contributed by atoms with E-state index < -0.39 is 0 Å². The molecule has 194 valence electrons. The van der Waals surface area contributed by atoms with Gasteiger partial charge < -0.3 is 15.2 Å². The van der Waals surface area contributed by atoms with E-state index in [-0.39, 0.29) is 29.7 Å². The van der Waals surface area contributed by atoms with Crippen LogP contribution in [0.15, 0.2) is 114 Å². The standard InChI is InChI=1S/C32H27N3O4/c1-39-29-19-24(14-17-28(29)36)18-27-32(38)35(31(34-27)25-10-6-3-7-11-25)26-15-12-22(13-16-26)20-30(37)33-21-23-8-4-2-5-9-23/h2-19,36H,20-21H2,1H3,(H,33,37)/b27-18-. The summed E-state index contributed by atoms with van der Waals surface area (Å²) in [6.07, 6.45) is 1.90. The van der Waals surface area contributed by atoms with Crippen molar-refractivity contribution < 1.29 is 19.4 Å². The van der Waals surface area contributed by atoms with Crippen LogP contribution in [0.4, 0.5) is 5.69 Å². The average Bonchev–Trinajstić information content (AvgIpc) is 3.29. The second-order valence-corrected chi connectivity index (χ2v) is 9.01. The Morgan fingerprint density at radius 1 is 0.923 bits per heavy atom. The van der Waals surface area contributed by atoms with E-state index in [0.717, 1.165) is 16.7 Å². The Morgan fingerprint density at radius 2 is 1.62 bits per heavy atom. The molecule has 0 radical (unpaired) electrons. The quantitative estimate of drug-likeness (QED) is 0.319. The van der Waals surface area contributed by atoms with Gasteiger partial charge >= 0.3 is 0 Å². The Bertz CT molecular complexity index is 1550. The third-order valence-corrected chi connectivity index (χ3v) is 6.29. The van der Waals surface area contributed by atoms with Gasteiger partial charge in [0, 0.05) is 12.1 Å².